The number of hydrogen-bond donors (Lipinski definition) is 2. The van der Waals surface area contributed by atoms with Crippen molar-refractivity contribution in [2.75, 3.05) is 6.56 Å². The Labute approximate surface area is 180 Å². The van der Waals surface area contributed by atoms with E-state index in [0.29, 0.717) is 27.8 Å². The number of nitrogens with one attached hydrogen (secondary N) is 1. The van der Waals surface area contributed by atoms with E-state index in [2.05, 4.69) is 0 Å². The van der Waals surface area contributed by atoms with Crippen molar-refractivity contribution in [1.82, 2.24) is 14.8 Å². The SMILES string of the molecule is [2H]C([2H])(NC(=O)c1cn2c(c(O)c1=O)C(=O)N1[C@@H](OC([2H])([2H])C([2H])([2H])[C@H]1C)C2([2H])[2H])c1ccc(F)cc1F. The number of carbonyl (C=O) groups excluding carboxylic acids is 2. The largest absolute Gasteiger partial charge is 0.503 e. The zero-order valence-electron chi connectivity index (χ0n) is 23.2. The van der Waals surface area contributed by atoms with Crippen LogP contribution in [0.3, 0.4) is 0 Å². The van der Waals surface area contributed by atoms with E-state index in [1.54, 1.807) is 5.32 Å². The molecule has 4 rings (SSSR count). The lowest BCUT2D eigenvalue weighted by atomic mass is 10.1. The quantitative estimate of drug-likeness (QED) is 0.770. The van der Waals surface area contributed by atoms with Crippen LogP contribution in [0.5, 0.6) is 5.75 Å². The summed E-state index contributed by atoms with van der Waals surface area (Å²) in [6.45, 7) is -8.02. The summed E-state index contributed by atoms with van der Waals surface area (Å²) >= 11 is 0. The molecule has 30 heavy (non-hydrogen) atoms. The summed E-state index contributed by atoms with van der Waals surface area (Å²) in [4.78, 5) is 39.4. The number of nitrogens with zero attached hydrogens (tertiary/aromatic N) is 2. The summed E-state index contributed by atoms with van der Waals surface area (Å²) in [6, 6.07) is 0.155. The first kappa shape index (κ1) is 12.4. The molecule has 2 amide bonds. The summed E-state index contributed by atoms with van der Waals surface area (Å²) in [5.74, 6) is -6.68. The van der Waals surface area contributed by atoms with Gasteiger partial charge >= 0.3 is 0 Å². The lowest BCUT2D eigenvalue weighted by Gasteiger charge is -2.44. The Balaban J connectivity index is 1.82. The van der Waals surface area contributed by atoms with Gasteiger partial charge in [0.2, 0.25) is 5.43 Å². The number of fused-ring (bicyclic) bond motifs is 2. The van der Waals surface area contributed by atoms with Crippen LogP contribution in [-0.4, -0.2) is 45.2 Å². The molecule has 10 heteroatoms. The Morgan fingerprint density at radius 1 is 1.43 bits per heavy atom. The Kier molecular flexibility index (Phi) is 3.12. The predicted octanol–water partition coefficient (Wildman–Crippen LogP) is 1.35. The number of ether oxygens (including phenoxy) is 1. The third-order valence-corrected chi connectivity index (χ3v) is 4.46. The third-order valence-electron chi connectivity index (χ3n) is 4.46. The topological polar surface area (TPSA) is 101 Å². The third kappa shape index (κ3) is 3.32. The van der Waals surface area contributed by atoms with Gasteiger partial charge in [-0.15, -0.1) is 0 Å². The van der Waals surface area contributed by atoms with E-state index in [0.717, 1.165) is 13.0 Å². The molecular formula is C20H19F2N3O5. The maximum absolute atomic E-state index is 14.1. The van der Waals surface area contributed by atoms with E-state index < -0.39 is 89.6 Å². The van der Waals surface area contributed by atoms with Crippen LogP contribution in [0.25, 0.3) is 0 Å². The maximum atomic E-state index is 14.1. The van der Waals surface area contributed by atoms with Gasteiger partial charge in [0.1, 0.15) is 17.2 Å². The van der Waals surface area contributed by atoms with Gasteiger partial charge in [-0.1, -0.05) is 6.07 Å². The minimum Gasteiger partial charge on any atom is -0.503 e. The number of aromatic nitrogens is 1. The first-order valence-electron chi connectivity index (χ1n) is 12.5. The minimum atomic E-state index is -3.09. The molecule has 1 fully saturated rings. The van der Waals surface area contributed by atoms with Gasteiger partial charge in [-0.3, -0.25) is 14.4 Å². The monoisotopic (exact) mass is 427 g/mol. The summed E-state index contributed by atoms with van der Waals surface area (Å²) in [7, 11) is 0. The minimum absolute atomic E-state index is 0.333. The Hall–Kier alpha value is -3.27. The maximum Gasteiger partial charge on any atom is 0.276 e. The predicted molar refractivity (Wildman–Crippen MR) is 99.9 cm³/mol. The molecule has 2 aliphatic heterocycles. The summed E-state index contributed by atoms with van der Waals surface area (Å²) in [6.07, 6.45) is -4.48. The van der Waals surface area contributed by atoms with Crippen LogP contribution in [0.2, 0.25) is 0 Å². The normalized spacial score (nSPS) is 30.0. The first-order valence-corrected chi connectivity index (χ1v) is 8.53. The van der Waals surface area contributed by atoms with Crippen LogP contribution in [0.1, 0.15) is 50.7 Å². The average molecular weight is 427 g/mol. The van der Waals surface area contributed by atoms with E-state index in [-0.39, 0.29) is 0 Å². The summed E-state index contributed by atoms with van der Waals surface area (Å²) in [5.41, 5.74) is -4.41. The van der Waals surface area contributed by atoms with Crippen LogP contribution in [0, 0.1) is 11.6 Å². The summed E-state index contributed by atoms with van der Waals surface area (Å²) < 4.78 is 97.5. The molecule has 1 aromatic heterocycles. The number of pyridine rings is 1. The highest BCUT2D eigenvalue weighted by Crippen LogP contribution is 2.29. The van der Waals surface area contributed by atoms with E-state index in [1.165, 1.54) is 0 Å². The van der Waals surface area contributed by atoms with E-state index in [9.17, 15) is 28.3 Å². The van der Waals surface area contributed by atoms with Crippen molar-refractivity contribution < 1.29 is 39.2 Å². The van der Waals surface area contributed by atoms with Crippen molar-refractivity contribution in [3.63, 3.8) is 0 Å². The Morgan fingerprint density at radius 2 is 2.20 bits per heavy atom. The molecule has 0 unspecified atom stereocenters. The number of rotatable bonds is 3. The molecule has 0 spiro atoms. The number of amides is 2. The molecule has 3 heterocycles. The van der Waals surface area contributed by atoms with Crippen molar-refractivity contribution in [1.29, 1.82) is 0 Å². The van der Waals surface area contributed by atoms with Crippen LogP contribution >= 0.6 is 0 Å². The molecule has 158 valence electrons. The molecule has 2 aliphatic rings. The highest BCUT2D eigenvalue weighted by Gasteiger charge is 2.41. The number of benzene rings is 1. The van der Waals surface area contributed by atoms with Gasteiger partial charge in [0.05, 0.1) is 21.3 Å². The van der Waals surface area contributed by atoms with Gasteiger partial charge in [-0.2, -0.15) is 0 Å². The first-order chi connectivity index (χ1) is 17.3. The molecule has 0 saturated carbocycles. The van der Waals surface area contributed by atoms with Crippen molar-refractivity contribution in [2.45, 2.75) is 38.6 Å². The molecule has 0 radical (unpaired) electrons. The average Bonchev–Trinajstić information content (AvgIpc) is 2.77. The van der Waals surface area contributed by atoms with Crippen molar-refractivity contribution >= 4 is 11.8 Å². The zero-order valence-corrected chi connectivity index (χ0v) is 15.2. The number of halogens is 2. The zero-order chi connectivity index (χ0) is 28.7. The van der Waals surface area contributed by atoms with Gasteiger partial charge in [-0.25, -0.2) is 8.78 Å². The van der Waals surface area contributed by atoms with Crippen LogP contribution in [0.4, 0.5) is 8.78 Å². The van der Waals surface area contributed by atoms with E-state index in [4.69, 9.17) is 15.7 Å². The van der Waals surface area contributed by atoms with Crippen molar-refractivity contribution in [3.05, 3.63) is 63.1 Å². The van der Waals surface area contributed by atoms with Crippen LogP contribution < -0.4 is 10.7 Å². The second-order valence-corrected chi connectivity index (χ2v) is 6.38. The van der Waals surface area contributed by atoms with Crippen molar-refractivity contribution in [2.24, 2.45) is 0 Å². The highest BCUT2D eigenvalue weighted by atomic mass is 19.1. The van der Waals surface area contributed by atoms with E-state index in [1.807, 2.05) is 0 Å². The molecule has 0 bridgehead atoms. The molecule has 8 nitrogen and oxygen atoms in total. The molecular weight excluding hydrogens is 400 g/mol. The standard InChI is InChI=1S/C20H19F2N3O5/c1-10-4-5-30-15-9-24-8-13(17(26)18(27)16(24)20(29)25(10)15)19(28)23-7-11-2-3-12(21)6-14(11)22/h2-3,6,8,10,15,27H,4-5,7,9H2,1H3,(H,23,28)/t10-,15+/m1/s1/i4D2,5D2,7D2,9D2. The van der Waals surface area contributed by atoms with Crippen LogP contribution in [0.15, 0.2) is 29.2 Å². The lowest BCUT2D eigenvalue weighted by molar-refractivity contribution is -0.112. The number of carbonyl (C=O) groups is 2. The molecule has 1 saturated heterocycles. The molecule has 2 atom stereocenters. The second kappa shape index (κ2) is 7.52. The van der Waals surface area contributed by atoms with Crippen LogP contribution in [-0.2, 0) is 17.7 Å². The smallest absolute Gasteiger partial charge is 0.276 e. The molecule has 2 aromatic rings. The summed E-state index contributed by atoms with van der Waals surface area (Å²) in [5, 5.41) is 12.2. The van der Waals surface area contributed by atoms with E-state index >= 15 is 0 Å². The van der Waals surface area contributed by atoms with Gasteiger partial charge in [0, 0.05) is 33.1 Å². The Bertz CT molecular complexity index is 1430. The Morgan fingerprint density at radius 3 is 2.93 bits per heavy atom. The second-order valence-electron chi connectivity index (χ2n) is 6.38. The molecule has 1 aromatic carbocycles. The van der Waals surface area contributed by atoms with Gasteiger partial charge in [-0.05, 0) is 19.4 Å². The molecule has 2 N–H and O–H groups in total. The van der Waals surface area contributed by atoms with Gasteiger partial charge in [0.25, 0.3) is 11.8 Å². The molecule has 0 aliphatic carbocycles. The number of hydrogen-bond acceptors (Lipinski definition) is 5. The lowest BCUT2D eigenvalue weighted by Crippen LogP contribution is -2.57. The van der Waals surface area contributed by atoms with Gasteiger partial charge in [0.15, 0.2) is 17.7 Å². The fourth-order valence-corrected chi connectivity index (χ4v) is 2.97. The fraction of sp³-hybridized carbons (Fsp3) is 0.350. The number of aromatic hydroxyl groups is 1. The van der Waals surface area contributed by atoms with Crippen molar-refractivity contribution in [3.8, 4) is 5.75 Å². The highest BCUT2D eigenvalue weighted by molar-refractivity contribution is 5.99. The fourth-order valence-electron chi connectivity index (χ4n) is 2.97. The van der Waals surface area contributed by atoms with Gasteiger partial charge < -0.3 is 24.6 Å².